The van der Waals surface area contributed by atoms with Crippen molar-refractivity contribution < 1.29 is 14.3 Å². The molecule has 0 saturated heterocycles. The van der Waals surface area contributed by atoms with E-state index in [0.29, 0.717) is 12.5 Å². The Morgan fingerprint density at radius 2 is 1.68 bits per heavy atom. The Bertz CT molecular complexity index is 966. The fourth-order valence-electron chi connectivity index (χ4n) is 3.33. The standard InChI is InChI=1S/C27H31NO3/c1-20(2)25-16-11-21(3)18-26(25)31-19-27(29)28-23-12-14-24(15-13-23)30-17-7-10-22-8-5-4-6-9-22/h4-6,8-9,11-16,18,20H,7,10,17,19H2,1-3H3,(H,28,29). The Labute approximate surface area is 185 Å². The van der Waals surface area contributed by atoms with Crippen LogP contribution in [0.15, 0.2) is 72.8 Å². The van der Waals surface area contributed by atoms with Gasteiger partial charge in [0.15, 0.2) is 6.61 Å². The fraction of sp³-hybridized carbons (Fsp3) is 0.296. The van der Waals surface area contributed by atoms with Gasteiger partial charge in [-0.2, -0.15) is 0 Å². The second kappa shape index (κ2) is 11.2. The summed E-state index contributed by atoms with van der Waals surface area (Å²) in [5.74, 6) is 1.71. The van der Waals surface area contributed by atoms with E-state index < -0.39 is 0 Å². The number of benzene rings is 3. The molecule has 0 aliphatic carbocycles. The highest BCUT2D eigenvalue weighted by atomic mass is 16.5. The molecule has 0 aromatic heterocycles. The van der Waals surface area contributed by atoms with Crippen molar-refractivity contribution in [3.05, 3.63) is 89.5 Å². The van der Waals surface area contributed by atoms with Crippen LogP contribution in [0.1, 0.15) is 42.9 Å². The Kier molecular flexibility index (Phi) is 8.11. The largest absolute Gasteiger partial charge is 0.494 e. The van der Waals surface area contributed by atoms with Crippen molar-refractivity contribution in [3.63, 3.8) is 0 Å². The van der Waals surface area contributed by atoms with Crippen molar-refractivity contribution in [3.8, 4) is 11.5 Å². The van der Waals surface area contributed by atoms with E-state index in [0.717, 1.165) is 41.2 Å². The van der Waals surface area contributed by atoms with Crippen LogP contribution in [0.25, 0.3) is 0 Å². The summed E-state index contributed by atoms with van der Waals surface area (Å²) in [6.07, 6.45) is 1.95. The van der Waals surface area contributed by atoms with Gasteiger partial charge < -0.3 is 14.8 Å². The van der Waals surface area contributed by atoms with Gasteiger partial charge in [0, 0.05) is 5.69 Å². The predicted molar refractivity (Wildman–Crippen MR) is 126 cm³/mol. The molecule has 0 unspecified atom stereocenters. The van der Waals surface area contributed by atoms with Crippen molar-refractivity contribution in [1.82, 2.24) is 0 Å². The first kappa shape index (κ1) is 22.4. The monoisotopic (exact) mass is 417 g/mol. The van der Waals surface area contributed by atoms with Crippen LogP contribution in [0.4, 0.5) is 5.69 Å². The lowest BCUT2D eigenvalue weighted by Gasteiger charge is -2.15. The number of hydrogen-bond acceptors (Lipinski definition) is 3. The van der Waals surface area contributed by atoms with Crippen LogP contribution < -0.4 is 14.8 Å². The Balaban J connectivity index is 1.43. The van der Waals surface area contributed by atoms with Crippen LogP contribution in [0.3, 0.4) is 0 Å². The van der Waals surface area contributed by atoms with Gasteiger partial charge in [-0.25, -0.2) is 0 Å². The maximum atomic E-state index is 12.3. The summed E-state index contributed by atoms with van der Waals surface area (Å²) >= 11 is 0. The van der Waals surface area contributed by atoms with Gasteiger partial charge in [0.25, 0.3) is 5.91 Å². The summed E-state index contributed by atoms with van der Waals surface area (Å²) in [5, 5.41) is 2.87. The minimum atomic E-state index is -0.187. The summed E-state index contributed by atoms with van der Waals surface area (Å²) in [6, 6.07) is 23.9. The number of anilines is 1. The molecule has 3 rings (SSSR count). The average molecular weight is 418 g/mol. The molecular formula is C27H31NO3. The Hall–Kier alpha value is -3.27. The van der Waals surface area contributed by atoms with Gasteiger partial charge >= 0.3 is 0 Å². The van der Waals surface area contributed by atoms with Gasteiger partial charge in [-0.3, -0.25) is 4.79 Å². The van der Waals surface area contributed by atoms with E-state index in [1.807, 2.05) is 43.3 Å². The third-order valence-corrected chi connectivity index (χ3v) is 5.01. The molecule has 0 aliphatic rings. The molecule has 0 saturated carbocycles. The number of ether oxygens (including phenoxy) is 2. The lowest BCUT2D eigenvalue weighted by atomic mass is 10.0. The molecule has 31 heavy (non-hydrogen) atoms. The molecule has 0 heterocycles. The Morgan fingerprint density at radius 1 is 0.935 bits per heavy atom. The van der Waals surface area contributed by atoms with E-state index in [1.54, 1.807) is 0 Å². The smallest absolute Gasteiger partial charge is 0.262 e. The van der Waals surface area contributed by atoms with Gasteiger partial charge in [-0.05, 0) is 72.7 Å². The third kappa shape index (κ3) is 7.18. The molecule has 3 aromatic rings. The van der Waals surface area contributed by atoms with Crippen molar-refractivity contribution in [1.29, 1.82) is 0 Å². The van der Waals surface area contributed by atoms with E-state index in [-0.39, 0.29) is 12.5 Å². The number of carbonyl (C=O) groups excluding carboxylic acids is 1. The first-order chi connectivity index (χ1) is 15.0. The molecule has 0 spiro atoms. The second-order valence-corrected chi connectivity index (χ2v) is 7.99. The summed E-state index contributed by atoms with van der Waals surface area (Å²) in [6.45, 7) is 6.87. The van der Waals surface area contributed by atoms with Crippen molar-refractivity contribution in [2.24, 2.45) is 0 Å². The summed E-state index contributed by atoms with van der Waals surface area (Å²) in [7, 11) is 0. The number of nitrogens with one attached hydrogen (secondary N) is 1. The second-order valence-electron chi connectivity index (χ2n) is 7.99. The highest BCUT2D eigenvalue weighted by Gasteiger charge is 2.10. The molecule has 3 aromatic carbocycles. The van der Waals surface area contributed by atoms with Crippen molar-refractivity contribution >= 4 is 11.6 Å². The first-order valence-corrected chi connectivity index (χ1v) is 10.8. The SMILES string of the molecule is Cc1ccc(C(C)C)c(OCC(=O)Nc2ccc(OCCCc3ccccc3)cc2)c1. The van der Waals surface area contributed by atoms with E-state index in [9.17, 15) is 4.79 Å². The predicted octanol–water partition coefficient (Wildman–Crippen LogP) is 6.15. The lowest BCUT2D eigenvalue weighted by Crippen LogP contribution is -2.20. The maximum absolute atomic E-state index is 12.3. The van der Waals surface area contributed by atoms with Crippen LogP contribution in [0, 0.1) is 6.92 Å². The number of hydrogen-bond donors (Lipinski definition) is 1. The highest BCUT2D eigenvalue weighted by Crippen LogP contribution is 2.27. The molecule has 1 N–H and O–H groups in total. The summed E-state index contributed by atoms with van der Waals surface area (Å²) < 4.78 is 11.6. The molecule has 4 nitrogen and oxygen atoms in total. The van der Waals surface area contributed by atoms with Crippen LogP contribution in [-0.2, 0) is 11.2 Å². The van der Waals surface area contributed by atoms with Crippen molar-refractivity contribution in [2.45, 2.75) is 39.5 Å². The van der Waals surface area contributed by atoms with E-state index in [2.05, 4.69) is 55.6 Å². The number of aryl methyl sites for hydroxylation is 2. The number of carbonyl (C=O) groups is 1. The minimum absolute atomic E-state index is 0.0269. The van der Waals surface area contributed by atoms with E-state index in [1.165, 1.54) is 5.56 Å². The quantitative estimate of drug-likeness (QED) is 0.403. The van der Waals surface area contributed by atoms with Crippen LogP contribution >= 0.6 is 0 Å². The van der Waals surface area contributed by atoms with Gasteiger partial charge in [-0.15, -0.1) is 0 Å². The molecule has 162 valence electrons. The molecule has 0 aliphatic heterocycles. The summed E-state index contributed by atoms with van der Waals surface area (Å²) in [4.78, 5) is 12.3. The zero-order chi connectivity index (χ0) is 22.1. The number of amides is 1. The van der Waals surface area contributed by atoms with Crippen molar-refractivity contribution in [2.75, 3.05) is 18.5 Å². The topological polar surface area (TPSA) is 47.6 Å². The van der Waals surface area contributed by atoms with Gasteiger partial charge in [0.1, 0.15) is 11.5 Å². The third-order valence-electron chi connectivity index (χ3n) is 5.01. The van der Waals surface area contributed by atoms with Crippen LogP contribution in [0.2, 0.25) is 0 Å². The zero-order valence-corrected chi connectivity index (χ0v) is 18.6. The molecule has 0 atom stereocenters. The average Bonchev–Trinajstić information content (AvgIpc) is 2.77. The van der Waals surface area contributed by atoms with Gasteiger partial charge in [0.05, 0.1) is 6.61 Å². The molecule has 0 fully saturated rings. The minimum Gasteiger partial charge on any atom is -0.494 e. The molecule has 0 bridgehead atoms. The van der Waals surface area contributed by atoms with Crippen LogP contribution in [0.5, 0.6) is 11.5 Å². The molecule has 1 amide bonds. The highest BCUT2D eigenvalue weighted by molar-refractivity contribution is 5.91. The first-order valence-electron chi connectivity index (χ1n) is 10.8. The van der Waals surface area contributed by atoms with Crippen LogP contribution in [-0.4, -0.2) is 19.1 Å². The number of rotatable bonds is 10. The molecule has 4 heteroatoms. The van der Waals surface area contributed by atoms with E-state index in [4.69, 9.17) is 9.47 Å². The Morgan fingerprint density at radius 3 is 2.39 bits per heavy atom. The molecule has 0 radical (unpaired) electrons. The fourth-order valence-corrected chi connectivity index (χ4v) is 3.33. The van der Waals surface area contributed by atoms with Gasteiger partial charge in [0.2, 0.25) is 0 Å². The van der Waals surface area contributed by atoms with Gasteiger partial charge in [-0.1, -0.05) is 56.3 Å². The van der Waals surface area contributed by atoms with E-state index >= 15 is 0 Å². The zero-order valence-electron chi connectivity index (χ0n) is 18.6. The summed E-state index contributed by atoms with van der Waals surface area (Å²) in [5.41, 5.74) is 4.25. The normalized spacial score (nSPS) is 10.7. The lowest BCUT2D eigenvalue weighted by molar-refractivity contribution is -0.118. The maximum Gasteiger partial charge on any atom is 0.262 e. The molecular weight excluding hydrogens is 386 g/mol.